The third kappa shape index (κ3) is 3.51. The van der Waals surface area contributed by atoms with E-state index in [1.807, 2.05) is 0 Å². The van der Waals surface area contributed by atoms with Gasteiger partial charge in [0.15, 0.2) is 0 Å². The van der Waals surface area contributed by atoms with E-state index in [1.165, 1.54) is 0 Å². The normalized spacial score (nSPS) is 14.2. The van der Waals surface area contributed by atoms with Crippen molar-refractivity contribution in [1.82, 2.24) is 5.32 Å². The maximum absolute atomic E-state index is 12.2. The van der Waals surface area contributed by atoms with Crippen molar-refractivity contribution in [1.29, 1.82) is 0 Å². The number of nitrogens with one attached hydrogen (secondary N) is 1. The molecule has 98 valence electrons. The van der Waals surface area contributed by atoms with Crippen LogP contribution in [0.15, 0.2) is 0 Å². The lowest BCUT2D eigenvalue weighted by Crippen LogP contribution is -2.57. The van der Waals surface area contributed by atoms with Gasteiger partial charge in [0.25, 0.3) is 5.60 Å². The van der Waals surface area contributed by atoms with E-state index in [0.717, 1.165) is 0 Å². The fourth-order valence-corrected chi connectivity index (χ4v) is 0.828. The Kier molecular flexibility index (Phi) is 5.06. The minimum Gasteiger partial charge on any atom is -0.357 e. The fourth-order valence-electron chi connectivity index (χ4n) is 0.828. The highest BCUT2D eigenvalue weighted by molar-refractivity contribution is 4.91. The summed E-state index contributed by atoms with van der Waals surface area (Å²) >= 11 is 0. The molecule has 8 heteroatoms. The summed E-state index contributed by atoms with van der Waals surface area (Å²) < 4.78 is 77.4. The topological polar surface area (TPSA) is 21.3 Å². The second-order valence-corrected chi connectivity index (χ2v) is 3.23. The SMILES string of the molecule is CCNCCOC(C)(C(F)(F)F)C(F)(F)F. The van der Waals surface area contributed by atoms with Crippen LogP contribution in [0.1, 0.15) is 13.8 Å². The zero-order chi connectivity index (χ0) is 13.0. The van der Waals surface area contributed by atoms with Crippen LogP contribution in [0.3, 0.4) is 0 Å². The number of rotatable bonds is 5. The molecular weight excluding hydrogens is 240 g/mol. The minimum absolute atomic E-state index is 0.0149. The molecule has 0 heterocycles. The lowest BCUT2D eigenvalue weighted by atomic mass is 10.1. The number of ether oxygens (including phenoxy) is 1. The van der Waals surface area contributed by atoms with Crippen LogP contribution in [-0.2, 0) is 4.74 Å². The molecule has 0 bridgehead atoms. The average Bonchev–Trinajstić information content (AvgIpc) is 2.08. The van der Waals surface area contributed by atoms with Gasteiger partial charge in [0.2, 0.25) is 0 Å². The summed E-state index contributed by atoms with van der Waals surface area (Å²) in [6, 6.07) is 0. The van der Waals surface area contributed by atoms with E-state index >= 15 is 0 Å². The van der Waals surface area contributed by atoms with Crippen LogP contribution in [0, 0.1) is 0 Å². The van der Waals surface area contributed by atoms with Gasteiger partial charge in [-0.2, -0.15) is 26.3 Å². The molecule has 0 aromatic rings. The number of hydrogen-bond acceptors (Lipinski definition) is 2. The van der Waals surface area contributed by atoms with Crippen LogP contribution in [0.5, 0.6) is 0 Å². The number of alkyl halides is 6. The highest BCUT2D eigenvalue weighted by Gasteiger charge is 2.69. The predicted molar refractivity (Wildman–Crippen MR) is 45.0 cm³/mol. The van der Waals surface area contributed by atoms with Crippen LogP contribution in [0.4, 0.5) is 26.3 Å². The molecule has 0 aliphatic heterocycles. The van der Waals surface area contributed by atoms with Crippen molar-refractivity contribution >= 4 is 0 Å². The van der Waals surface area contributed by atoms with Crippen molar-refractivity contribution in [3.63, 3.8) is 0 Å². The van der Waals surface area contributed by atoms with E-state index in [9.17, 15) is 26.3 Å². The maximum atomic E-state index is 12.2. The third-order valence-corrected chi connectivity index (χ3v) is 2.00. The number of likely N-dealkylation sites (N-methyl/N-ethyl adjacent to an activating group) is 1. The van der Waals surface area contributed by atoms with E-state index in [2.05, 4.69) is 10.1 Å². The van der Waals surface area contributed by atoms with Gasteiger partial charge in [0.1, 0.15) is 0 Å². The molecule has 0 fully saturated rings. The lowest BCUT2D eigenvalue weighted by Gasteiger charge is -2.33. The summed E-state index contributed by atoms with van der Waals surface area (Å²) in [4.78, 5) is 0. The maximum Gasteiger partial charge on any atom is 0.426 e. The molecule has 0 aliphatic rings. The molecule has 2 nitrogen and oxygen atoms in total. The molecule has 16 heavy (non-hydrogen) atoms. The first kappa shape index (κ1) is 15.5. The quantitative estimate of drug-likeness (QED) is 0.600. The highest BCUT2D eigenvalue weighted by Crippen LogP contribution is 2.45. The molecular formula is C8H13F6NO. The van der Waals surface area contributed by atoms with Crippen LogP contribution >= 0.6 is 0 Å². The van der Waals surface area contributed by atoms with Crippen LogP contribution < -0.4 is 5.32 Å². The molecule has 0 rings (SSSR count). The van der Waals surface area contributed by atoms with Crippen LogP contribution in [0.25, 0.3) is 0 Å². The zero-order valence-corrected chi connectivity index (χ0v) is 8.80. The van der Waals surface area contributed by atoms with E-state index in [4.69, 9.17) is 0 Å². The van der Waals surface area contributed by atoms with E-state index in [0.29, 0.717) is 6.54 Å². The Hall–Kier alpha value is -0.500. The molecule has 1 N–H and O–H groups in total. The molecule has 0 unspecified atom stereocenters. The molecule has 0 aromatic heterocycles. The number of hydrogen-bond donors (Lipinski definition) is 1. The van der Waals surface area contributed by atoms with Gasteiger partial charge in [-0.1, -0.05) is 6.92 Å². The van der Waals surface area contributed by atoms with Crippen molar-refractivity contribution in [2.24, 2.45) is 0 Å². The Balaban J connectivity index is 4.59. The Morgan fingerprint density at radius 2 is 1.44 bits per heavy atom. The standard InChI is InChI=1S/C8H13F6NO/c1-3-15-4-5-16-6(2,7(9,10)11)8(12,13)14/h15H,3-5H2,1-2H3. The number of halogens is 6. The first-order valence-corrected chi connectivity index (χ1v) is 4.54. The van der Waals surface area contributed by atoms with E-state index < -0.39 is 24.6 Å². The molecule has 0 aliphatic carbocycles. The van der Waals surface area contributed by atoms with Gasteiger partial charge in [-0.25, -0.2) is 0 Å². The molecule has 0 amide bonds. The lowest BCUT2D eigenvalue weighted by molar-refractivity contribution is -0.373. The fraction of sp³-hybridized carbons (Fsp3) is 1.00. The van der Waals surface area contributed by atoms with Crippen LogP contribution in [0.2, 0.25) is 0 Å². The summed E-state index contributed by atoms with van der Waals surface area (Å²) in [7, 11) is 0. The smallest absolute Gasteiger partial charge is 0.357 e. The Morgan fingerprint density at radius 3 is 1.75 bits per heavy atom. The average molecular weight is 253 g/mol. The van der Waals surface area contributed by atoms with Gasteiger partial charge >= 0.3 is 12.4 Å². The first-order valence-electron chi connectivity index (χ1n) is 4.54. The molecule has 0 aromatic carbocycles. The Bertz CT molecular complexity index is 198. The second-order valence-electron chi connectivity index (χ2n) is 3.23. The van der Waals surface area contributed by atoms with Gasteiger partial charge in [-0.05, 0) is 13.5 Å². The van der Waals surface area contributed by atoms with Gasteiger partial charge in [0.05, 0.1) is 6.61 Å². The summed E-state index contributed by atoms with van der Waals surface area (Å²) in [5.74, 6) is 0. The Labute approximate surface area is 89.0 Å². The van der Waals surface area contributed by atoms with Gasteiger partial charge in [-0.15, -0.1) is 0 Å². The monoisotopic (exact) mass is 253 g/mol. The summed E-state index contributed by atoms with van der Waals surface area (Å²) in [6.07, 6.45) is -11.0. The summed E-state index contributed by atoms with van der Waals surface area (Å²) in [5.41, 5.74) is -4.12. The largest absolute Gasteiger partial charge is 0.426 e. The van der Waals surface area contributed by atoms with Gasteiger partial charge < -0.3 is 10.1 Å². The highest BCUT2D eigenvalue weighted by atomic mass is 19.4. The molecule has 0 spiro atoms. The van der Waals surface area contributed by atoms with Crippen molar-refractivity contribution in [3.8, 4) is 0 Å². The summed E-state index contributed by atoms with van der Waals surface area (Å²) in [5, 5.41) is 2.56. The second kappa shape index (κ2) is 5.22. The minimum atomic E-state index is -5.49. The summed E-state index contributed by atoms with van der Waals surface area (Å²) in [6.45, 7) is 1.37. The molecule has 0 saturated carbocycles. The molecule has 0 atom stereocenters. The van der Waals surface area contributed by atoms with E-state index in [-0.39, 0.29) is 13.5 Å². The molecule has 0 radical (unpaired) electrons. The first-order chi connectivity index (χ1) is 7.06. The molecule has 0 saturated heterocycles. The van der Waals surface area contributed by atoms with Crippen molar-refractivity contribution < 1.29 is 31.1 Å². The Morgan fingerprint density at radius 1 is 1.00 bits per heavy atom. The van der Waals surface area contributed by atoms with E-state index in [1.54, 1.807) is 6.92 Å². The van der Waals surface area contributed by atoms with Gasteiger partial charge in [-0.3, -0.25) is 0 Å². The predicted octanol–water partition coefficient (Wildman–Crippen LogP) is 2.50. The van der Waals surface area contributed by atoms with Gasteiger partial charge in [0, 0.05) is 6.54 Å². The van der Waals surface area contributed by atoms with Crippen molar-refractivity contribution in [2.75, 3.05) is 19.7 Å². The third-order valence-electron chi connectivity index (χ3n) is 2.00. The zero-order valence-electron chi connectivity index (χ0n) is 8.80. The van der Waals surface area contributed by atoms with Crippen molar-refractivity contribution in [3.05, 3.63) is 0 Å². The van der Waals surface area contributed by atoms with Crippen molar-refractivity contribution in [2.45, 2.75) is 31.8 Å². The van der Waals surface area contributed by atoms with Crippen LogP contribution in [-0.4, -0.2) is 37.7 Å².